The molecule has 0 bridgehead atoms. The highest BCUT2D eigenvalue weighted by Gasteiger charge is 2.27. The van der Waals surface area contributed by atoms with Crippen molar-refractivity contribution in [3.05, 3.63) is 68.8 Å². The van der Waals surface area contributed by atoms with Gasteiger partial charge in [0.15, 0.2) is 0 Å². The minimum absolute atomic E-state index is 0. The highest BCUT2D eigenvalue weighted by atomic mass is 35.5. The lowest BCUT2D eigenvalue weighted by atomic mass is 10.0. The van der Waals surface area contributed by atoms with Crippen molar-refractivity contribution in [2.45, 2.75) is 27.3 Å². The first-order valence-corrected chi connectivity index (χ1v) is 8.32. The highest BCUT2D eigenvalue weighted by molar-refractivity contribution is 5.48. The molecule has 2 aromatic carbocycles. The Hall–Kier alpha value is -1.95. The predicted octanol–water partition coefficient (Wildman–Crippen LogP) is -0.486. The quantitative estimate of drug-likeness (QED) is 0.591. The summed E-state index contributed by atoms with van der Waals surface area (Å²) in [7, 11) is 0. The molecule has 0 spiro atoms. The Bertz CT molecular complexity index is 739. The molecule has 6 heteroatoms. The van der Waals surface area contributed by atoms with Crippen LogP contribution in [0.1, 0.15) is 22.3 Å². The molecule has 1 atom stereocenters. The van der Waals surface area contributed by atoms with Gasteiger partial charge < -0.3 is 12.4 Å². The van der Waals surface area contributed by atoms with E-state index in [9.17, 15) is 10.1 Å². The summed E-state index contributed by atoms with van der Waals surface area (Å²) in [5.41, 5.74) is 6.73. The molecule has 0 amide bonds. The number of nitrogens with zero attached hydrogens (tertiary/aromatic N) is 2. The molecule has 0 aliphatic carbocycles. The van der Waals surface area contributed by atoms with Crippen molar-refractivity contribution in [3.8, 4) is 0 Å². The van der Waals surface area contributed by atoms with E-state index in [2.05, 4.69) is 37.8 Å². The van der Waals surface area contributed by atoms with Gasteiger partial charge in [-0.15, -0.1) is 0 Å². The summed E-state index contributed by atoms with van der Waals surface area (Å²) in [6, 6.07) is 11.4. The smallest absolute Gasteiger partial charge is 0.269 e. The van der Waals surface area contributed by atoms with Crippen molar-refractivity contribution in [1.29, 1.82) is 0 Å². The summed E-state index contributed by atoms with van der Waals surface area (Å²) in [6.45, 7) is 10.5. The molecule has 1 aliphatic heterocycles. The van der Waals surface area contributed by atoms with Gasteiger partial charge in [-0.1, -0.05) is 29.8 Å². The van der Waals surface area contributed by atoms with Gasteiger partial charge in [-0.2, -0.15) is 0 Å². The van der Waals surface area contributed by atoms with Crippen molar-refractivity contribution in [1.82, 2.24) is 4.90 Å². The van der Waals surface area contributed by atoms with Crippen LogP contribution >= 0.6 is 0 Å². The molecule has 0 radical (unpaired) electrons. The van der Waals surface area contributed by atoms with Crippen LogP contribution in [-0.2, 0) is 6.54 Å². The first-order chi connectivity index (χ1) is 11.4. The highest BCUT2D eigenvalue weighted by Crippen LogP contribution is 2.19. The first-order valence-electron chi connectivity index (χ1n) is 8.32. The van der Waals surface area contributed by atoms with Gasteiger partial charge in [0.25, 0.3) is 5.69 Å². The molecule has 1 N–H and O–H groups in total. The Balaban J connectivity index is 0.00000225. The monoisotopic (exact) mass is 361 g/mol. The lowest BCUT2D eigenvalue weighted by Gasteiger charge is -2.19. The molecule has 1 heterocycles. The molecule has 0 saturated carbocycles. The van der Waals surface area contributed by atoms with Gasteiger partial charge in [0.2, 0.25) is 0 Å². The van der Waals surface area contributed by atoms with E-state index in [1.807, 2.05) is 12.1 Å². The fourth-order valence-corrected chi connectivity index (χ4v) is 3.78. The third kappa shape index (κ3) is 4.37. The second kappa shape index (κ2) is 7.95. The minimum atomic E-state index is -0.353. The molecule has 3 rings (SSSR count). The van der Waals surface area contributed by atoms with E-state index in [1.54, 1.807) is 12.1 Å². The normalized spacial score (nSPS) is 17.3. The molecule has 1 fully saturated rings. The number of nitro benzene ring substituents is 1. The van der Waals surface area contributed by atoms with E-state index in [1.165, 1.54) is 27.3 Å². The average Bonchev–Trinajstić information content (AvgIpc) is 2.95. The summed E-state index contributed by atoms with van der Waals surface area (Å²) in [5, 5.41) is 10.7. The van der Waals surface area contributed by atoms with Crippen molar-refractivity contribution in [2.75, 3.05) is 19.8 Å². The standard InChI is InChI=1S/C19H23N3O2.ClH/c1-14-10-15(2)19(16(3)11-14)21-9-8-20(13-21)12-17-4-6-18(7-5-17)22(23)24;/h4-7,10-11H,8-9,12-13H2,1-3H3;1H. The molecule has 5 nitrogen and oxygen atoms in total. The molecular formula is C19H24ClN3O2. The van der Waals surface area contributed by atoms with Crippen LogP contribution in [0.25, 0.3) is 0 Å². The third-order valence-electron chi connectivity index (χ3n) is 4.73. The second-order valence-corrected chi connectivity index (χ2v) is 6.76. The number of nitrogens with one attached hydrogen (secondary N) is 1. The molecule has 2 aromatic rings. The van der Waals surface area contributed by atoms with E-state index >= 15 is 0 Å². The summed E-state index contributed by atoms with van der Waals surface area (Å²) in [6.07, 6.45) is 0. The van der Waals surface area contributed by atoms with Crippen LogP contribution < -0.4 is 17.3 Å². The van der Waals surface area contributed by atoms with Crippen molar-refractivity contribution >= 4 is 11.4 Å². The summed E-state index contributed by atoms with van der Waals surface area (Å²) in [4.78, 5) is 14.3. The Kier molecular flexibility index (Phi) is 6.16. The maximum atomic E-state index is 10.7. The fourth-order valence-electron chi connectivity index (χ4n) is 3.78. The Morgan fingerprint density at radius 2 is 1.72 bits per heavy atom. The van der Waals surface area contributed by atoms with E-state index in [0.29, 0.717) is 0 Å². The number of rotatable bonds is 4. The topological polar surface area (TPSA) is 50.8 Å². The first kappa shape index (κ1) is 19.4. The Morgan fingerprint density at radius 1 is 1.12 bits per heavy atom. The SMILES string of the molecule is Cc1cc(C)c([NH+]2CCN(Cc3ccc([N+](=O)[O-])cc3)C2)c(C)c1.[Cl-]. The van der Waals surface area contributed by atoms with Crippen LogP contribution in [-0.4, -0.2) is 29.6 Å². The van der Waals surface area contributed by atoms with E-state index < -0.39 is 0 Å². The lowest BCUT2D eigenvalue weighted by Crippen LogP contribution is -3.06. The van der Waals surface area contributed by atoms with Gasteiger partial charge in [0.1, 0.15) is 12.4 Å². The molecular weight excluding hydrogens is 338 g/mol. The van der Waals surface area contributed by atoms with Crippen LogP contribution in [0.3, 0.4) is 0 Å². The zero-order valence-electron chi connectivity index (χ0n) is 14.9. The average molecular weight is 362 g/mol. The maximum Gasteiger partial charge on any atom is 0.269 e. The predicted molar refractivity (Wildman–Crippen MR) is 94.5 cm³/mol. The molecule has 1 aliphatic rings. The van der Waals surface area contributed by atoms with Gasteiger partial charge in [-0.25, -0.2) is 4.90 Å². The summed E-state index contributed by atoms with van der Waals surface area (Å²) >= 11 is 0. The van der Waals surface area contributed by atoms with E-state index in [4.69, 9.17) is 0 Å². The van der Waals surface area contributed by atoms with Crippen LogP contribution in [0.2, 0.25) is 0 Å². The van der Waals surface area contributed by atoms with Crippen LogP contribution in [0.4, 0.5) is 11.4 Å². The van der Waals surface area contributed by atoms with Crippen molar-refractivity contribution < 1.29 is 22.2 Å². The van der Waals surface area contributed by atoms with Gasteiger partial charge in [-0.05, 0) is 26.3 Å². The summed E-state index contributed by atoms with van der Waals surface area (Å²) < 4.78 is 0. The van der Waals surface area contributed by atoms with E-state index in [0.717, 1.165) is 31.9 Å². The third-order valence-corrected chi connectivity index (χ3v) is 4.73. The number of nitro groups is 1. The number of aryl methyl sites for hydroxylation is 3. The molecule has 1 saturated heterocycles. The largest absolute Gasteiger partial charge is 1.00 e. The number of benzene rings is 2. The van der Waals surface area contributed by atoms with Crippen LogP contribution in [0.5, 0.6) is 0 Å². The zero-order chi connectivity index (χ0) is 17.3. The Morgan fingerprint density at radius 3 is 2.28 bits per heavy atom. The van der Waals surface area contributed by atoms with Crippen molar-refractivity contribution in [2.24, 2.45) is 0 Å². The zero-order valence-corrected chi connectivity index (χ0v) is 15.6. The summed E-state index contributed by atoms with van der Waals surface area (Å²) in [5.74, 6) is 0. The van der Waals surface area contributed by atoms with Gasteiger partial charge in [0.05, 0.1) is 18.0 Å². The molecule has 0 aromatic heterocycles. The molecule has 1 unspecified atom stereocenters. The number of hydrogen-bond acceptors (Lipinski definition) is 3. The van der Waals surface area contributed by atoms with Crippen LogP contribution in [0.15, 0.2) is 36.4 Å². The second-order valence-electron chi connectivity index (χ2n) is 6.76. The van der Waals surface area contributed by atoms with Gasteiger partial charge in [-0.3, -0.25) is 15.0 Å². The number of quaternary nitrogens is 1. The van der Waals surface area contributed by atoms with E-state index in [-0.39, 0.29) is 23.0 Å². The Labute approximate surface area is 154 Å². The molecule has 25 heavy (non-hydrogen) atoms. The maximum absolute atomic E-state index is 10.7. The fraction of sp³-hybridized carbons (Fsp3) is 0.368. The lowest BCUT2D eigenvalue weighted by molar-refractivity contribution is -0.824. The number of hydrogen-bond donors (Lipinski definition) is 1. The number of non-ortho nitro benzene ring substituents is 1. The van der Waals surface area contributed by atoms with Gasteiger partial charge >= 0.3 is 0 Å². The molecule has 134 valence electrons. The van der Waals surface area contributed by atoms with Crippen LogP contribution in [0, 0.1) is 30.9 Å². The van der Waals surface area contributed by atoms with Crippen molar-refractivity contribution in [3.63, 3.8) is 0 Å². The number of halogens is 1. The minimum Gasteiger partial charge on any atom is -1.00 e. The van der Waals surface area contributed by atoms with Gasteiger partial charge in [0, 0.05) is 29.8 Å².